The number of carbonyl (C=O) groups is 1. The molecular formula is C21H34N4O2. The smallest absolute Gasteiger partial charge is 0.410 e. The number of benzene rings is 1. The van der Waals surface area contributed by atoms with Crippen LogP contribution in [0.25, 0.3) is 0 Å². The van der Waals surface area contributed by atoms with Gasteiger partial charge in [-0.05, 0) is 45.1 Å². The Kier molecular flexibility index (Phi) is 7.51. The van der Waals surface area contributed by atoms with Crippen LogP contribution in [0, 0.1) is 5.92 Å². The Morgan fingerprint density at radius 2 is 1.89 bits per heavy atom. The highest BCUT2D eigenvalue weighted by atomic mass is 16.6. The number of piperidine rings is 1. The predicted molar refractivity (Wildman–Crippen MR) is 110 cm³/mol. The number of ether oxygens (including phenoxy) is 1. The molecule has 1 N–H and O–H groups in total. The largest absolute Gasteiger partial charge is 0.444 e. The zero-order valence-corrected chi connectivity index (χ0v) is 17.4. The summed E-state index contributed by atoms with van der Waals surface area (Å²) in [5.41, 5.74) is 0.819. The normalized spacial score (nSPS) is 16.2. The topological polar surface area (TPSA) is 57.2 Å². The molecule has 27 heavy (non-hydrogen) atoms. The fourth-order valence-corrected chi connectivity index (χ4v) is 3.20. The van der Waals surface area contributed by atoms with Crippen molar-refractivity contribution in [1.82, 2.24) is 15.1 Å². The summed E-state index contributed by atoms with van der Waals surface area (Å²) in [6, 6.07) is 10.4. The molecular weight excluding hydrogens is 340 g/mol. The highest BCUT2D eigenvalue weighted by molar-refractivity contribution is 5.79. The van der Waals surface area contributed by atoms with Crippen LogP contribution in [-0.4, -0.2) is 61.2 Å². The molecule has 1 aliphatic heterocycles. The van der Waals surface area contributed by atoms with Crippen LogP contribution >= 0.6 is 0 Å². The Morgan fingerprint density at radius 3 is 2.44 bits per heavy atom. The van der Waals surface area contributed by atoms with Gasteiger partial charge in [0, 0.05) is 40.3 Å². The number of aliphatic imine (C=N–C) groups is 1. The fraction of sp³-hybridized carbons (Fsp3) is 0.619. The van der Waals surface area contributed by atoms with Crippen LogP contribution in [0.5, 0.6) is 0 Å². The Labute approximate surface area is 163 Å². The van der Waals surface area contributed by atoms with Crippen molar-refractivity contribution < 1.29 is 9.53 Å². The van der Waals surface area contributed by atoms with Crippen molar-refractivity contribution in [3.63, 3.8) is 0 Å². The van der Waals surface area contributed by atoms with E-state index in [1.165, 1.54) is 5.56 Å². The van der Waals surface area contributed by atoms with E-state index in [0.717, 1.165) is 45.0 Å². The Bertz CT molecular complexity index is 617. The second-order valence-electron chi connectivity index (χ2n) is 8.18. The first-order valence-electron chi connectivity index (χ1n) is 9.72. The maximum atomic E-state index is 12.2. The highest BCUT2D eigenvalue weighted by Crippen LogP contribution is 2.19. The number of hydrogen-bond donors (Lipinski definition) is 1. The third kappa shape index (κ3) is 7.12. The van der Waals surface area contributed by atoms with Gasteiger partial charge in [-0.25, -0.2) is 4.79 Å². The number of guanidine groups is 1. The van der Waals surface area contributed by atoms with Crippen LogP contribution in [0.2, 0.25) is 0 Å². The summed E-state index contributed by atoms with van der Waals surface area (Å²) in [6.07, 6.45) is 1.75. The second kappa shape index (κ2) is 9.62. The number of hydrogen-bond acceptors (Lipinski definition) is 3. The lowest BCUT2D eigenvalue weighted by atomic mass is 9.97. The number of nitrogens with zero attached hydrogens (tertiary/aromatic N) is 3. The lowest BCUT2D eigenvalue weighted by Crippen LogP contribution is -2.45. The van der Waals surface area contributed by atoms with Gasteiger partial charge in [-0.15, -0.1) is 0 Å². The van der Waals surface area contributed by atoms with Crippen LogP contribution in [0.1, 0.15) is 39.2 Å². The molecule has 0 bridgehead atoms. The standard InChI is InChI=1S/C21H34N4O2/c1-21(2,3)27-20(26)25-13-11-17(12-14-25)15-23-19(22-4)24(5)16-18-9-7-6-8-10-18/h6-10,17H,11-16H2,1-5H3,(H,22,23). The van der Waals surface area contributed by atoms with Gasteiger partial charge in [0.05, 0.1) is 0 Å². The van der Waals surface area contributed by atoms with Crippen molar-refractivity contribution in [3.8, 4) is 0 Å². The minimum absolute atomic E-state index is 0.202. The van der Waals surface area contributed by atoms with E-state index in [0.29, 0.717) is 5.92 Å². The van der Waals surface area contributed by atoms with E-state index in [-0.39, 0.29) is 6.09 Å². The minimum Gasteiger partial charge on any atom is -0.444 e. The van der Waals surface area contributed by atoms with Gasteiger partial charge in [-0.2, -0.15) is 0 Å². The summed E-state index contributed by atoms with van der Waals surface area (Å²) >= 11 is 0. The maximum absolute atomic E-state index is 12.2. The predicted octanol–water partition coefficient (Wildman–Crippen LogP) is 3.34. The van der Waals surface area contributed by atoms with Crippen LogP contribution in [0.15, 0.2) is 35.3 Å². The molecule has 150 valence electrons. The first-order valence-corrected chi connectivity index (χ1v) is 9.72. The second-order valence-corrected chi connectivity index (χ2v) is 8.18. The summed E-state index contributed by atoms with van der Waals surface area (Å²) in [4.78, 5) is 20.5. The van der Waals surface area contributed by atoms with Gasteiger partial charge in [0.15, 0.2) is 5.96 Å². The molecule has 1 aromatic carbocycles. The number of carbonyl (C=O) groups excluding carboxylic acids is 1. The number of amides is 1. The third-order valence-corrected chi connectivity index (χ3v) is 4.65. The van der Waals surface area contributed by atoms with Crippen LogP contribution in [-0.2, 0) is 11.3 Å². The molecule has 1 heterocycles. The van der Waals surface area contributed by atoms with Crippen LogP contribution in [0.3, 0.4) is 0 Å². The number of rotatable bonds is 4. The third-order valence-electron chi connectivity index (χ3n) is 4.65. The molecule has 1 amide bonds. The molecule has 0 aromatic heterocycles. The lowest BCUT2D eigenvalue weighted by Gasteiger charge is -2.34. The van der Waals surface area contributed by atoms with Crippen LogP contribution in [0.4, 0.5) is 4.79 Å². The van der Waals surface area contributed by atoms with Crippen molar-refractivity contribution in [2.75, 3.05) is 33.7 Å². The Hall–Kier alpha value is -2.24. The number of nitrogens with one attached hydrogen (secondary N) is 1. The quantitative estimate of drug-likeness (QED) is 0.649. The van der Waals surface area contributed by atoms with Crippen LogP contribution < -0.4 is 5.32 Å². The van der Waals surface area contributed by atoms with E-state index in [2.05, 4.69) is 39.5 Å². The van der Waals surface area contributed by atoms with Crippen molar-refractivity contribution in [2.45, 2.75) is 45.8 Å². The fourth-order valence-electron chi connectivity index (χ4n) is 3.20. The van der Waals surface area contributed by atoms with E-state index < -0.39 is 5.60 Å². The SMILES string of the molecule is CN=C(NCC1CCN(C(=O)OC(C)(C)C)CC1)N(C)Cc1ccccc1. The van der Waals surface area contributed by atoms with Gasteiger partial charge >= 0.3 is 6.09 Å². The molecule has 1 fully saturated rings. The molecule has 0 aliphatic carbocycles. The van der Waals surface area contributed by atoms with E-state index in [9.17, 15) is 4.79 Å². The van der Waals surface area contributed by atoms with E-state index in [4.69, 9.17) is 4.74 Å². The van der Waals surface area contributed by atoms with Crippen molar-refractivity contribution >= 4 is 12.1 Å². The summed E-state index contributed by atoms with van der Waals surface area (Å²) in [6.45, 7) is 8.89. The molecule has 2 rings (SSSR count). The average molecular weight is 375 g/mol. The van der Waals surface area contributed by atoms with Gasteiger partial charge in [0.25, 0.3) is 0 Å². The minimum atomic E-state index is -0.439. The molecule has 0 unspecified atom stereocenters. The summed E-state index contributed by atoms with van der Waals surface area (Å²) < 4.78 is 5.46. The molecule has 0 radical (unpaired) electrons. The molecule has 6 heteroatoms. The zero-order chi connectivity index (χ0) is 19.9. The van der Waals surface area contributed by atoms with Crippen molar-refractivity contribution in [3.05, 3.63) is 35.9 Å². The Balaban J connectivity index is 1.75. The molecule has 0 spiro atoms. The molecule has 0 saturated carbocycles. The van der Waals surface area contributed by atoms with Gasteiger partial charge in [-0.3, -0.25) is 4.99 Å². The summed E-state index contributed by atoms with van der Waals surface area (Å²) in [5, 5.41) is 3.48. The first-order chi connectivity index (χ1) is 12.8. The monoisotopic (exact) mass is 374 g/mol. The lowest BCUT2D eigenvalue weighted by molar-refractivity contribution is 0.0185. The molecule has 6 nitrogen and oxygen atoms in total. The van der Waals surface area contributed by atoms with Crippen molar-refractivity contribution in [2.24, 2.45) is 10.9 Å². The van der Waals surface area contributed by atoms with Crippen molar-refractivity contribution in [1.29, 1.82) is 0 Å². The maximum Gasteiger partial charge on any atom is 0.410 e. The molecule has 0 atom stereocenters. The molecule has 1 aromatic rings. The summed E-state index contributed by atoms with van der Waals surface area (Å²) in [5.74, 6) is 1.43. The first kappa shape index (κ1) is 21.1. The number of likely N-dealkylation sites (tertiary alicyclic amines) is 1. The van der Waals surface area contributed by atoms with Gasteiger partial charge < -0.3 is 19.9 Å². The van der Waals surface area contributed by atoms with Gasteiger partial charge in [0.2, 0.25) is 0 Å². The van der Waals surface area contributed by atoms with E-state index in [1.54, 1.807) is 0 Å². The van der Waals surface area contributed by atoms with Gasteiger partial charge in [-0.1, -0.05) is 30.3 Å². The zero-order valence-electron chi connectivity index (χ0n) is 17.4. The summed E-state index contributed by atoms with van der Waals surface area (Å²) in [7, 11) is 3.86. The van der Waals surface area contributed by atoms with E-state index in [1.807, 2.05) is 45.8 Å². The van der Waals surface area contributed by atoms with Gasteiger partial charge in [0.1, 0.15) is 5.60 Å². The van der Waals surface area contributed by atoms with E-state index >= 15 is 0 Å². The molecule has 1 saturated heterocycles. The highest BCUT2D eigenvalue weighted by Gasteiger charge is 2.27. The average Bonchev–Trinajstić information content (AvgIpc) is 2.62. The molecule has 1 aliphatic rings. The Morgan fingerprint density at radius 1 is 1.26 bits per heavy atom.